The van der Waals surface area contributed by atoms with E-state index in [9.17, 15) is 9.18 Å². The van der Waals surface area contributed by atoms with Gasteiger partial charge in [0.1, 0.15) is 5.82 Å². The minimum Gasteiger partial charge on any atom is -0.353 e. The number of carbonyl (C=O) groups excluding carboxylic acids is 1. The van der Waals surface area contributed by atoms with Crippen molar-refractivity contribution in [2.45, 2.75) is 26.3 Å². The van der Waals surface area contributed by atoms with E-state index in [1.807, 2.05) is 30.0 Å². The Morgan fingerprint density at radius 2 is 2.04 bits per heavy atom. The van der Waals surface area contributed by atoms with E-state index in [1.165, 1.54) is 12.1 Å². The van der Waals surface area contributed by atoms with Gasteiger partial charge < -0.3 is 5.32 Å². The molecule has 0 aliphatic heterocycles. The lowest BCUT2D eigenvalue weighted by Crippen LogP contribution is -2.33. The van der Waals surface area contributed by atoms with E-state index in [0.29, 0.717) is 6.54 Å². The molecule has 1 amide bonds. The van der Waals surface area contributed by atoms with Gasteiger partial charge in [0.2, 0.25) is 5.91 Å². The molecule has 0 saturated carbocycles. The van der Waals surface area contributed by atoms with Gasteiger partial charge in [-0.15, -0.1) is 0 Å². The third kappa shape index (κ3) is 4.33. The standard InChI is InChI=1S/C19H20FN3OS/c1-13-9-14(2)23(22-13)18(16-7-8-25-12-16)11-21-19(24)10-15-3-5-17(20)6-4-15/h3-9,12,18H,10-11H2,1-2H3,(H,21,24). The van der Waals surface area contributed by atoms with Crippen molar-refractivity contribution in [1.82, 2.24) is 15.1 Å². The van der Waals surface area contributed by atoms with Crippen LogP contribution >= 0.6 is 11.3 Å². The molecule has 2 heterocycles. The fourth-order valence-corrected chi connectivity index (χ4v) is 3.54. The number of benzene rings is 1. The van der Waals surface area contributed by atoms with Crippen molar-refractivity contribution in [3.63, 3.8) is 0 Å². The molecule has 1 atom stereocenters. The number of nitrogens with zero attached hydrogens (tertiary/aromatic N) is 2. The second-order valence-electron chi connectivity index (χ2n) is 6.05. The molecular weight excluding hydrogens is 337 g/mol. The highest BCUT2D eigenvalue weighted by atomic mass is 32.1. The van der Waals surface area contributed by atoms with E-state index in [1.54, 1.807) is 23.5 Å². The monoisotopic (exact) mass is 357 g/mol. The molecule has 3 aromatic rings. The zero-order valence-electron chi connectivity index (χ0n) is 14.2. The van der Waals surface area contributed by atoms with Gasteiger partial charge >= 0.3 is 0 Å². The van der Waals surface area contributed by atoms with Crippen LogP contribution < -0.4 is 5.32 Å². The number of hydrogen-bond acceptors (Lipinski definition) is 3. The quantitative estimate of drug-likeness (QED) is 0.732. The van der Waals surface area contributed by atoms with E-state index >= 15 is 0 Å². The number of rotatable bonds is 6. The Balaban J connectivity index is 1.69. The predicted octanol–water partition coefficient (Wildman–Crippen LogP) is 3.65. The summed E-state index contributed by atoms with van der Waals surface area (Å²) in [4.78, 5) is 12.3. The Morgan fingerprint density at radius 1 is 1.28 bits per heavy atom. The Labute approximate surface area is 150 Å². The molecule has 3 rings (SSSR count). The summed E-state index contributed by atoms with van der Waals surface area (Å²) in [6.45, 7) is 4.43. The summed E-state index contributed by atoms with van der Waals surface area (Å²) < 4.78 is 14.9. The van der Waals surface area contributed by atoms with Gasteiger partial charge in [-0.25, -0.2) is 4.39 Å². The zero-order valence-corrected chi connectivity index (χ0v) is 15.0. The Kier molecular flexibility index (Phi) is 5.28. The molecule has 0 fully saturated rings. The van der Waals surface area contributed by atoms with Crippen LogP contribution in [-0.2, 0) is 11.2 Å². The first-order valence-electron chi connectivity index (χ1n) is 8.09. The normalized spacial score (nSPS) is 12.1. The number of aryl methyl sites for hydroxylation is 2. The zero-order chi connectivity index (χ0) is 17.8. The van der Waals surface area contributed by atoms with Gasteiger partial charge in [0.25, 0.3) is 0 Å². The second-order valence-corrected chi connectivity index (χ2v) is 6.83. The van der Waals surface area contributed by atoms with Crippen LogP contribution in [0.25, 0.3) is 0 Å². The van der Waals surface area contributed by atoms with Crippen molar-refractivity contribution in [3.8, 4) is 0 Å². The number of thiophene rings is 1. The summed E-state index contributed by atoms with van der Waals surface area (Å²) in [6, 6.07) is 10.0. The van der Waals surface area contributed by atoms with Crippen LogP contribution in [0.5, 0.6) is 0 Å². The van der Waals surface area contributed by atoms with E-state index < -0.39 is 0 Å². The number of nitrogens with one attached hydrogen (secondary N) is 1. The average molecular weight is 357 g/mol. The first kappa shape index (κ1) is 17.4. The third-order valence-electron chi connectivity index (χ3n) is 4.04. The van der Waals surface area contributed by atoms with Gasteiger partial charge in [-0.2, -0.15) is 16.4 Å². The molecule has 0 saturated heterocycles. The molecule has 1 unspecified atom stereocenters. The molecule has 130 valence electrons. The van der Waals surface area contributed by atoms with E-state index in [0.717, 1.165) is 22.5 Å². The number of halogens is 1. The Morgan fingerprint density at radius 3 is 2.64 bits per heavy atom. The minimum absolute atomic E-state index is 0.0443. The number of aromatic nitrogens is 2. The number of carbonyl (C=O) groups is 1. The van der Waals surface area contributed by atoms with Crippen molar-refractivity contribution in [2.24, 2.45) is 0 Å². The molecule has 4 nitrogen and oxygen atoms in total. The largest absolute Gasteiger partial charge is 0.353 e. The minimum atomic E-state index is -0.300. The van der Waals surface area contributed by atoms with E-state index in [-0.39, 0.29) is 24.2 Å². The highest BCUT2D eigenvalue weighted by Crippen LogP contribution is 2.22. The highest BCUT2D eigenvalue weighted by molar-refractivity contribution is 7.07. The summed E-state index contributed by atoms with van der Waals surface area (Å²) in [5.74, 6) is -0.389. The Hall–Kier alpha value is -2.47. The van der Waals surface area contributed by atoms with Gasteiger partial charge in [-0.3, -0.25) is 9.48 Å². The van der Waals surface area contributed by atoms with E-state index in [2.05, 4.69) is 21.9 Å². The molecule has 0 spiro atoms. The summed E-state index contributed by atoms with van der Waals surface area (Å²) in [5, 5.41) is 11.6. The van der Waals surface area contributed by atoms with Crippen LogP contribution in [-0.4, -0.2) is 22.2 Å². The summed E-state index contributed by atoms with van der Waals surface area (Å²) in [5.41, 5.74) is 3.92. The van der Waals surface area contributed by atoms with Gasteiger partial charge in [0.05, 0.1) is 18.2 Å². The van der Waals surface area contributed by atoms with Crippen LogP contribution in [0.2, 0.25) is 0 Å². The summed E-state index contributed by atoms with van der Waals surface area (Å²) in [6.07, 6.45) is 0.230. The number of amides is 1. The summed E-state index contributed by atoms with van der Waals surface area (Å²) in [7, 11) is 0. The molecule has 0 bridgehead atoms. The average Bonchev–Trinajstić information content (AvgIpc) is 3.20. The predicted molar refractivity (Wildman–Crippen MR) is 97.3 cm³/mol. The lowest BCUT2D eigenvalue weighted by Gasteiger charge is -2.19. The second kappa shape index (κ2) is 7.61. The van der Waals surface area contributed by atoms with Gasteiger partial charge in [-0.05, 0) is 60.0 Å². The van der Waals surface area contributed by atoms with Crippen LogP contribution in [0.1, 0.15) is 28.6 Å². The fourth-order valence-electron chi connectivity index (χ4n) is 2.83. The molecule has 1 aromatic carbocycles. The topological polar surface area (TPSA) is 46.9 Å². The van der Waals surface area contributed by atoms with Gasteiger partial charge in [0, 0.05) is 12.2 Å². The maximum absolute atomic E-state index is 13.0. The molecule has 2 aromatic heterocycles. The molecule has 0 aliphatic rings. The molecule has 1 N–H and O–H groups in total. The third-order valence-corrected chi connectivity index (χ3v) is 4.74. The van der Waals surface area contributed by atoms with Crippen molar-refractivity contribution >= 4 is 17.2 Å². The van der Waals surface area contributed by atoms with Gasteiger partial charge in [-0.1, -0.05) is 12.1 Å². The maximum Gasteiger partial charge on any atom is 0.224 e. The SMILES string of the molecule is Cc1cc(C)n(C(CNC(=O)Cc2ccc(F)cc2)c2ccsc2)n1. The first-order valence-corrected chi connectivity index (χ1v) is 9.03. The smallest absolute Gasteiger partial charge is 0.224 e. The lowest BCUT2D eigenvalue weighted by molar-refractivity contribution is -0.120. The first-order chi connectivity index (χ1) is 12.0. The van der Waals surface area contributed by atoms with Crippen LogP contribution in [0.3, 0.4) is 0 Å². The fraction of sp³-hybridized carbons (Fsp3) is 0.263. The van der Waals surface area contributed by atoms with Crippen molar-refractivity contribution < 1.29 is 9.18 Å². The molecule has 0 aliphatic carbocycles. The van der Waals surface area contributed by atoms with Gasteiger partial charge in [0.15, 0.2) is 0 Å². The van der Waals surface area contributed by atoms with Crippen molar-refractivity contribution in [3.05, 3.63) is 75.5 Å². The van der Waals surface area contributed by atoms with Crippen molar-refractivity contribution in [1.29, 1.82) is 0 Å². The van der Waals surface area contributed by atoms with Crippen LogP contribution in [0.15, 0.2) is 47.2 Å². The molecule has 6 heteroatoms. The molecule has 25 heavy (non-hydrogen) atoms. The lowest BCUT2D eigenvalue weighted by atomic mass is 10.1. The highest BCUT2D eigenvalue weighted by Gasteiger charge is 2.18. The maximum atomic E-state index is 13.0. The molecule has 0 radical (unpaired) electrons. The molecular formula is C19H20FN3OS. The Bertz CT molecular complexity index is 840. The van der Waals surface area contributed by atoms with Crippen molar-refractivity contribution in [2.75, 3.05) is 6.54 Å². The van der Waals surface area contributed by atoms with Crippen LogP contribution in [0.4, 0.5) is 4.39 Å². The summed E-state index contributed by atoms with van der Waals surface area (Å²) >= 11 is 1.62. The number of hydrogen-bond donors (Lipinski definition) is 1. The van der Waals surface area contributed by atoms with E-state index in [4.69, 9.17) is 0 Å². The van der Waals surface area contributed by atoms with Crippen LogP contribution in [0, 0.1) is 19.7 Å².